The van der Waals surface area contributed by atoms with Gasteiger partial charge in [-0.15, -0.1) is 0 Å². The Labute approximate surface area is 93.7 Å². The summed E-state index contributed by atoms with van der Waals surface area (Å²) in [7, 11) is 0. The first-order valence-corrected chi connectivity index (χ1v) is 5.44. The fourth-order valence-electron chi connectivity index (χ4n) is 1.92. The lowest BCUT2D eigenvalue weighted by Crippen LogP contribution is -2.04. The van der Waals surface area contributed by atoms with E-state index in [4.69, 9.17) is 4.42 Å². The van der Waals surface area contributed by atoms with Gasteiger partial charge in [0, 0.05) is 11.3 Å². The third-order valence-electron chi connectivity index (χ3n) is 2.70. The maximum absolute atomic E-state index is 13.4. The van der Waals surface area contributed by atoms with Gasteiger partial charge >= 0.3 is 0 Å². The third-order valence-corrected chi connectivity index (χ3v) is 2.70. The van der Waals surface area contributed by atoms with E-state index in [1.807, 2.05) is 19.1 Å². The molecule has 3 heteroatoms. The van der Waals surface area contributed by atoms with E-state index in [0.717, 1.165) is 11.1 Å². The summed E-state index contributed by atoms with van der Waals surface area (Å²) in [6.45, 7) is 3.70. The van der Waals surface area contributed by atoms with Crippen LogP contribution in [0.3, 0.4) is 0 Å². The number of benzene rings is 1. The fourth-order valence-corrected chi connectivity index (χ4v) is 1.92. The van der Waals surface area contributed by atoms with E-state index in [0.29, 0.717) is 12.0 Å². The van der Waals surface area contributed by atoms with E-state index in [9.17, 15) is 9.50 Å². The first kappa shape index (κ1) is 11.1. The lowest BCUT2D eigenvalue weighted by Gasteiger charge is -2.09. The second kappa shape index (κ2) is 4.26. The van der Waals surface area contributed by atoms with Crippen molar-refractivity contribution in [3.05, 3.63) is 35.8 Å². The Balaban J connectivity index is 2.36. The Morgan fingerprint density at radius 3 is 2.75 bits per heavy atom. The van der Waals surface area contributed by atoms with Gasteiger partial charge in [0.2, 0.25) is 0 Å². The predicted molar refractivity (Wildman–Crippen MR) is 60.9 cm³/mol. The number of rotatable bonds is 3. The molecule has 0 spiro atoms. The van der Waals surface area contributed by atoms with Crippen molar-refractivity contribution in [3.63, 3.8) is 0 Å². The second-order valence-electron chi connectivity index (χ2n) is 4.29. The van der Waals surface area contributed by atoms with Gasteiger partial charge in [0.05, 0.1) is 6.10 Å². The fraction of sp³-hybridized carbons (Fsp3) is 0.385. The molecule has 2 nitrogen and oxygen atoms in total. The number of fused-ring (bicyclic) bond motifs is 1. The zero-order valence-electron chi connectivity index (χ0n) is 9.40. The van der Waals surface area contributed by atoms with Crippen molar-refractivity contribution in [1.82, 2.24) is 0 Å². The quantitative estimate of drug-likeness (QED) is 0.862. The number of aliphatic hydroxyl groups is 1. The molecule has 0 aliphatic heterocycles. The molecule has 0 aliphatic rings. The highest BCUT2D eigenvalue weighted by Gasteiger charge is 2.15. The molecular formula is C13H15FO2. The molecule has 1 aromatic heterocycles. The van der Waals surface area contributed by atoms with E-state index in [2.05, 4.69) is 0 Å². The van der Waals surface area contributed by atoms with E-state index in [1.54, 1.807) is 13.0 Å². The van der Waals surface area contributed by atoms with Crippen molar-refractivity contribution in [1.29, 1.82) is 0 Å². The summed E-state index contributed by atoms with van der Waals surface area (Å²) in [6, 6.07) is 6.71. The Bertz CT molecular complexity index is 488. The molecule has 1 heterocycles. The first-order chi connectivity index (χ1) is 7.58. The molecule has 0 radical (unpaired) electrons. The molecule has 0 saturated carbocycles. The molecule has 86 valence electrons. The molecule has 0 amide bonds. The SMILES string of the molecule is CC(O)CC(C)c1cc2cccc(F)c2o1. The average molecular weight is 222 g/mol. The summed E-state index contributed by atoms with van der Waals surface area (Å²) in [6.07, 6.45) is 0.231. The first-order valence-electron chi connectivity index (χ1n) is 5.44. The second-order valence-corrected chi connectivity index (χ2v) is 4.29. The number of aliphatic hydroxyl groups excluding tert-OH is 1. The van der Waals surface area contributed by atoms with Crippen LogP contribution in [-0.2, 0) is 0 Å². The van der Waals surface area contributed by atoms with Crippen LogP contribution in [0.1, 0.15) is 31.9 Å². The lowest BCUT2D eigenvalue weighted by molar-refractivity contribution is 0.173. The van der Waals surface area contributed by atoms with Crippen LogP contribution in [0.2, 0.25) is 0 Å². The van der Waals surface area contributed by atoms with Crippen LogP contribution >= 0.6 is 0 Å². The van der Waals surface area contributed by atoms with Gasteiger partial charge in [-0.2, -0.15) is 0 Å². The Morgan fingerprint density at radius 2 is 2.12 bits per heavy atom. The molecule has 0 aliphatic carbocycles. The molecule has 16 heavy (non-hydrogen) atoms. The summed E-state index contributed by atoms with van der Waals surface area (Å²) in [5, 5.41) is 10.1. The summed E-state index contributed by atoms with van der Waals surface area (Å²) in [5.41, 5.74) is 0.301. The number of hydrogen-bond acceptors (Lipinski definition) is 2. The zero-order valence-corrected chi connectivity index (χ0v) is 9.40. The summed E-state index contributed by atoms with van der Waals surface area (Å²) in [5.74, 6) is 0.473. The largest absolute Gasteiger partial charge is 0.458 e. The minimum absolute atomic E-state index is 0.0896. The molecule has 1 aromatic carbocycles. The average Bonchev–Trinajstić information content (AvgIpc) is 2.61. The van der Waals surface area contributed by atoms with Gasteiger partial charge in [0.1, 0.15) is 5.76 Å². The summed E-state index contributed by atoms with van der Waals surface area (Å²) < 4.78 is 18.9. The van der Waals surface area contributed by atoms with Crippen LogP contribution < -0.4 is 0 Å². The third kappa shape index (κ3) is 2.09. The summed E-state index contributed by atoms with van der Waals surface area (Å²) >= 11 is 0. The van der Waals surface area contributed by atoms with Crippen LogP contribution in [0, 0.1) is 5.82 Å². The number of halogens is 1. The molecule has 2 atom stereocenters. The smallest absolute Gasteiger partial charge is 0.169 e. The number of furan rings is 1. The maximum atomic E-state index is 13.4. The lowest BCUT2D eigenvalue weighted by atomic mass is 10.0. The maximum Gasteiger partial charge on any atom is 0.169 e. The van der Waals surface area contributed by atoms with Gasteiger partial charge in [-0.1, -0.05) is 19.1 Å². The van der Waals surface area contributed by atoms with Crippen LogP contribution in [-0.4, -0.2) is 11.2 Å². The molecule has 2 unspecified atom stereocenters. The Kier molecular flexibility index (Phi) is 2.97. The minimum Gasteiger partial charge on any atom is -0.458 e. The Morgan fingerprint density at radius 1 is 1.38 bits per heavy atom. The van der Waals surface area contributed by atoms with Gasteiger partial charge in [0.25, 0.3) is 0 Å². The van der Waals surface area contributed by atoms with Crippen molar-refractivity contribution in [2.75, 3.05) is 0 Å². The monoisotopic (exact) mass is 222 g/mol. The normalized spacial score (nSPS) is 15.2. The number of para-hydroxylation sites is 1. The van der Waals surface area contributed by atoms with Crippen LogP contribution in [0.5, 0.6) is 0 Å². The topological polar surface area (TPSA) is 33.4 Å². The molecule has 2 aromatic rings. The van der Waals surface area contributed by atoms with Gasteiger partial charge in [-0.3, -0.25) is 0 Å². The van der Waals surface area contributed by atoms with Gasteiger partial charge in [-0.05, 0) is 25.5 Å². The van der Waals surface area contributed by atoms with Crippen LogP contribution in [0.25, 0.3) is 11.0 Å². The van der Waals surface area contributed by atoms with Gasteiger partial charge in [-0.25, -0.2) is 4.39 Å². The highest BCUT2D eigenvalue weighted by atomic mass is 19.1. The predicted octanol–water partition coefficient (Wildman–Crippen LogP) is 3.45. The van der Waals surface area contributed by atoms with Crippen molar-refractivity contribution in [2.24, 2.45) is 0 Å². The van der Waals surface area contributed by atoms with E-state index in [1.165, 1.54) is 6.07 Å². The molecule has 2 rings (SSSR count). The van der Waals surface area contributed by atoms with Gasteiger partial charge < -0.3 is 9.52 Å². The van der Waals surface area contributed by atoms with Crippen LogP contribution in [0.4, 0.5) is 4.39 Å². The highest BCUT2D eigenvalue weighted by Crippen LogP contribution is 2.29. The van der Waals surface area contributed by atoms with Crippen molar-refractivity contribution >= 4 is 11.0 Å². The van der Waals surface area contributed by atoms with Crippen molar-refractivity contribution in [2.45, 2.75) is 32.3 Å². The minimum atomic E-state index is -0.381. The van der Waals surface area contributed by atoms with Gasteiger partial charge in [0.15, 0.2) is 11.4 Å². The van der Waals surface area contributed by atoms with Crippen molar-refractivity contribution in [3.8, 4) is 0 Å². The molecule has 0 fully saturated rings. The van der Waals surface area contributed by atoms with E-state index >= 15 is 0 Å². The zero-order chi connectivity index (χ0) is 11.7. The molecular weight excluding hydrogens is 207 g/mol. The summed E-state index contributed by atoms with van der Waals surface area (Å²) in [4.78, 5) is 0. The van der Waals surface area contributed by atoms with E-state index < -0.39 is 0 Å². The van der Waals surface area contributed by atoms with Crippen LogP contribution in [0.15, 0.2) is 28.7 Å². The Hall–Kier alpha value is -1.35. The molecule has 1 N–H and O–H groups in total. The number of hydrogen-bond donors (Lipinski definition) is 1. The van der Waals surface area contributed by atoms with E-state index in [-0.39, 0.29) is 17.8 Å². The standard InChI is InChI=1S/C13H15FO2/c1-8(6-9(2)15)12-7-10-4-3-5-11(14)13(10)16-12/h3-5,7-9,15H,6H2,1-2H3. The molecule has 0 saturated heterocycles. The van der Waals surface area contributed by atoms with Crippen molar-refractivity contribution < 1.29 is 13.9 Å². The highest BCUT2D eigenvalue weighted by molar-refractivity contribution is 5.78. The molecule has 0 bridgehead atoms.